The highest BCUT2D eigenvalue weighted by atomic mass is 32.2. The lowest BCUT2D eigenvalue weighted by Gasteiger charge is -2.00. The van der Waals surface area contributed by atoms with Gasteiger partial charge >= 0.3 is 5.97 Å². The molecule has 1 amide bonds. The molecule has 0 unspecified atom stereocenters. The molecule has 0 bridgehead atoms. The topological polar surface area (TPSA) is 105 Å². The minimum atomic E-state index is -0.340. The van der Waals surface area contributed by atoms with Gasteiger partial charge in [-0.3, -0.25) is 14.9 Å². The second-order valence-electron chi connectivity index (χ2n) is 4.11. The lowest BCUT2D eigenvalue weighted by Crippen LogP contribution is -2.11. The number of esters is 1. The highest BCUT2D eigenvalue weighted by molar-refractivity contribution is 8.01. The number of ether oxygens (including phenoxy) is 1. The molecule has 0 aliphatic rings. The maximum atomic E-state index is 12.0. The molecule has 1 N–H and O–H groups in total. The SMILES string of the molecule is CCOC(=O)CSc1nnc(NC(=O)c2ccc(C#N)cc2)s1. The average Bonchev–Trinajstić information content (AvgIpc) is 3.01. The number of rotatable bonds is 6. The summed E-state index contributed by atoms with van der Waals surface area (Å²) in [4.78, 5) is 23.3. The highest BCUT2D eigenvalue weighted by Crippen LogP contribution is 2.25. The van der Waals surface area contributed by atoms with E-state index < -0.39 is 0 Å². The summed E-state index contributed by atoms with van der Waals surface area (Å²) in [5, 5.41) is 19.4. The Balaban J connectivity index is 1.91. The standard InChI is InChI=1S/C14H12N4O3S2/c1-2-21-11(19)8-22-14-18-17-13(23-14)16-12(20)10-5-3-9(7-15)4-6-10/h3-6H,2,8H2,1H3,(H,16,17,20). The third kappa shape index (κ3) is 5.05. The third-order valence-corrected chi connectivity index (χ3v) is 4.47. The van der Waals surface area contributed by atoms with E-state index in [2.05, 4.69) is 15.5 Å². The van der Waals surface area contributed by atoms with E-state index in [1.165, 1.54) is 23.1 Å². The zero-order valence-corrected chi connectivity index (χ0v) is 13.7. The fraction of sp³-hybridized carbons (Fsp3) is 0.214. The van der Waals surface area contributed by atoms with E-state index in [1.54, 1.807) is 31.2 Å². The molecule has 0 saturated heterocycles. The van der Waals surface area contributed by atoms with Gasteiger partial charge in [-0.25, -0.2) is 0 Å². The van der Waals surface area contributed by atoms with Gasteiger partial charge in [0, 0.05) is 5.56 Å². The van der Waals surface area contributed by atoms with E-state index >= 15 is 0 Å². The molecule has 1 aromatic carbocycles. The van der Waals surface area contributed by atoms with Gasteiger partial charge in [-0.1, -0.05) is 23.1 Å². The number of nitriles is 1. The first kappa shape index (κ1) is 16.9. The highest BCUT2D eigenvalue weighted by Gasteiger charge is 2.12. The molecule has 118 valence electrons. The van der Waals surface area contributed by atoms with Crippen molar-refractivity contribution in [3.63, 3.8) is 0 Å². The lowest BCUT2D eigenvalue weighted by atomic mass is 10.1. The molecule has 0 saturated carbocycles. The van der Waals surface area contributed by atoms with Crippen LogP contribution in [0.5, 0.6) is 0 Å². The molecule has 23 heavy (non-hydrogen) atoms. The maximum Gasteiger partial charge on any atom is 0.316 e. The van der Waals surface area contributed by atoms with Gasteiger partial charge in [-0.2, -0.15) is 5.26 Å². The van der Waals surface area contributed by atoms with Crippen LogP contribution >= 0.6 is 23.1 Å². The minimum absolute atomic E-state index is 0.145. The van der Waals surface area contributed by atoms with Crippen LogP contribution in [0.3, 0.4) is 0 Å². The van der Waals surface area contributed by atoms with E-state index in [0.29, 0.717) is 27.2 Å². The van der Waals surface area contributed by atoms with Crippen molar-refractivity contribution in [1.29, 1.82) is 5.26 Å². The van der Waals surface area contributed by atoms with Gasteiger partial charge in [0.2, 0.25) is 5.13 Å². The molecule has 0 aliphatic heterocycles. The van der Waals surface area contributed by atoms with Gasteiger partial charge < -0.3 is 4.74 Å². The summed E-state index contributed by atoms with van der Waals surface area (Å²) < 4.78 is 5.38. The van der Waals surface area contributed by atoms with E-state index in [1.807, 2.05) is 6.07 Å². The van der Waals surface area contributed by atoms with Crippen LogP contribution in [0.1, 0.15) is 22.8 Å². The molecule has 0 spiro atoms. The minimum Gasteiger partial charge on any atom is -0.465 e. The zero-order valence-electron chi connectivity index (χ0n) is 12.1. The number of amides is 1. The molecular formula is C14H12N4O3S2. The molecule has 1 heterocycles. The molecule has 0 aliphatic carbocycles. The zero-order chi connectivity index (χ0) is 16.7. The Hall–Kier alpha value is -2.44. The molecular weight excluding hydrogens is 336 g/mol. The summed E-state index contributed by atoms with van der Waals surface area (Å²) in [5.41, 5.74) is 0.898. The van der Waals surface area contributed by atoms with Crippen LogP contribution in [0.4, 0.5) is 5.13 Å². The number of hydrogen-bond donors (Lipinski definition) is 1. The van der Waals surface area contributed by atoms with Crippen LogP contribution in [0.25, 0.3) is 0 Å². The summed E-state index contributed by atoms with van der Waals surface area (Å²) in [5.74, 6) is -0.519. The predicted octanol–water partition coefficient (Wildman–Crippen LogP) is 2.32. The fourth-order valence-electron chi connectivity index (χ4n) is 1.51. The average molecular weight is 348 g/mol. The predicted molar refractivity (Wildman–Crippen MR) is 86.4 cm³/mol. The summed E-state index contributed by atoms with van der Waals surface area (Å²) in [7, 11) is 0. The van der Waals surface area contributed by atoms with Crippen LogP contribution in [0.2, 0.25) is 0 Å². The first-order chi connectivity index (χ1) is 11.1. The first-order valence-electron chi connectivity index (χ1n) is 6.55. The fourth-order valence-corrected chi connectivity index (χ4v) is 3.05. The summed E-state index contributed by atoms with van der Waals surface area (Å²) in [6.07, 6.45) is 0. The molecule has 7 nitrogen and oxygen atoms in total. The number of aromatic nitrogens is 2. The molecule has 0 radical (unpaired) electrons. The van der Waals surface area contributed by atoms with E-state index in [4.69, 9.17) is 10.00 Å². The molecule has 0 fully saturated rings. The largest absolute Gasteiger partial charge is 0.465 e. The Labute approximate surface area is 140 Å². The number of thioether (sulfide) groups is 1. The van der Waals surface area contributed by atoms with Crippen LogP contribution in [-0.2, 0) is 9.53 Å². The van der Waals surface area contributed by atoms with Gasteiger partial charge in [-0.15, -0.1) is 10.2 Å². The van der Waals surface area contributed by atoms with Crippen LogP contribution in [0.15, 0.2) is 28.6 Å². The Kier molecular flexibility index (Phi) is 6.08. The molecule has 2 rings (SSSR count). The number of nitrogens with one attached hydrogen (secondary N) is 1. The monoisotopic (exact) mass is 348 g/mol. The number of nitrogens with zero attached hydrogens (tertiary/aromatic N) is 3. The quantitative estimate of drug-likeness (QED) is 0.485. The summed E-state index contributed by atoms with van der Waals surface area (Å²) in [6, 6.07) is 8.24. The van der Waals surface area contributed by atoms with E-state index in [0.717, 1.165) is 0 Å². The number of hydrogen-bond acceptors (Lipinski definition) is 8. The Bertz CT molecular complexity index is 737. The molecule has 1 aromatic heterocycles. The third-order valence-electron chi connectivity index (χ3n) is 2.52. The smallest absolute Gasteiger partial charge is 0.316 e. The number of carbonyl (C=O) groups excluding carboxylic acids is 2. The molecule has 0 atom stereocenters. The van der Waals surface area contributed by atoms with Crippen molar-refractivity contribution >= 4 is 40.1 Å². The van der Waals surface area contributed by atoms with Crippen molar-refractivity contribution in [2.45, 2.75) is 11.3 Å². The van der Waals surface area contributed by atoms with Gasteiger partial charge in [0.15, 0.2) is 4.34 Å². The summed E-state index contributed by atoms with van der Waals surface area (Å²) >= 11 is 2.37. The molecule has 2 aromatic rings. The van der Waals surface area contributed by atoms with Crippen molar-refractivity contribution in [1.82, 2.24) is 10.2 Å². The van der Waals surface area contributed by atoms with Crippen molar-refractivity contribution in [2.24, 2.45) is 0 Å². The van der Waals surface area contributed by atoms with Crippen molar-refractivity contribution < 1.29 is 14.3 Å². The Morgan fingerprint density at radius 3 is 2.74 bits per heavy atom. The first-order valence-corrected chi connectivity index (χ1v) is 8.36. The number of anilines is 1. The van der Waals surface area contributed by atoms with Gasteiger partial charge in [-0.05, 0) is 31.2 Å². The summed E-state index contributed by atoms with van der Waals surface area (Å²) in [6.45, 7) is 2.08. The molecule has 9 heteroatoms. The van der Waals surface area contributed by atoms with Crippen LogP contribution < -0.4 is 5.32 Å². The van der Waals surface area contributed by atoms with Crippen molar-refractivity contribution in [2.75, 3.05) is 17.7 Å². The number of carbonyl (C=O) groups is 2. The van der Waals surface area contributed by atoms with Crippen molar-refractivity contribution in [3.05, 3.63) is 35.4 Å². The van der Waals surface area contributed by atoms with Crippen LogP contribution in [0, 0.1) is 11.3 Å². The van der Waals surface area contributed by atoms with E-state index in [9.17, 15) is 9.59 Å². The van der Waals surface area contributed by atoms with Gasteiger partial charge in [0.05, 0.1) is 24.0 Å². The Morgan fingerprint density at radius 1 is 1.35 bits per heavy atom. The number of benzene rings is 1. The second kappa shape index (κ2) is 8.26. The van der Waals surface area contributed by atoms with Crippen molar-refractivity contribution in [3.8, 4) is 6.07 Å². The van der Waals surface area contributed by atoms with Crippen LogP contribution in [-0.4, -0.2) is 34.4 Å². The maximum absolute atomic E-state index is 12.0. The Morgan fingerprint density at radius 2 is 2.09 bits per heavy atom. The van der Waals surface area contributed by atoms with Gasteiger partial charge in [0.25, 0.3) is 5.91 Å². The normalized spacial score (nSPS) is 9.91. The second-order valence-corrected chi connectivity index (χ2v) is 6.31. The van der Waals surface area contributed by atoms with E-state index in [-0.39, 0.29) is 17.6 Å². The van der Waals surface area contributed by atoms with Gasteiger partial charge in [0.1, 0.15) is 0 Å². The lowest BCUT2D eigenvalue weighted by molar-refractivity contribution is -0.139.